The van der Waals surface area contributed by atoms with Crippen LogP contribution in [0.1, 0.15) is 5.56 Å². The van der Waals surface area contributed by atoms with Crippen molar-refractivity contribution in [3.63, 3.8) is 0 Å². The van der Waals surface area contributed by atoms with Gasteiger partial charge in [0.1, 0.15) is 0 Å². The van der Waals surface area contributed by atoms with Crippen LogP contribution in [0.5, 0.6) is 0 Å². The van der Waals surface area contributed by atoms with Gasteiger partial charge < -0.3 is 5.32 Å². The zero-order valence-electron chi connectivity index (χ0n) is 10.1. The van der Waals surface area contributed by atoms with Crippen LogP contribution in [0.2, 0.25) is 5.02 Å². The van der Waals surface area contributed by atoms with Crippen molar-refractivity contribution in [1.82, 2.24) is 0 Å². The Labute approximate surface area is 137 Å². The van der Waals surface area contributed by atoms with Crippen molar-refractivity contribution in [3.8, 4) is 0 Å². The second-order valence-electron chi connectivity index (χ2n) is 4.01. The molecule has 0 amide bonds. The van der Waals surface area contributed by atoms with Gasteiger partial charge in [-0.1, -0.05) is 27.5 Å². The number of nitro benzene ring substituents is 1. The molecule has 2 rings (SSSR count). The van der Waals surface area contributed by atoms with E-state index in [1.54, 1.807) is 0 Å². The summed E-state index contributed by atoms with van der Waals surface area (Å²) in [5, 5.41) is 14.5. The zero-order valence-corrected chi connectivity index (χ0v) is 14.0. The molecule has 0 heterocycles. The maximum Gasteiger partial charge on any atom is 0.269 e. The quantitative estimate of drug-likeness (QED) is 0.533. The predicted molar refractivity (Wildman–Crippen MR) is 87.3 cm³/mol. The van der Waals surface area contributed by atoms with E-state index in [1.165, 1.54) is 18.2 Å². The minimum atomic E-state index is -0.436. The van der Waals surface area contributed by atoms with E-state index in [4.69, 9.17) is 11.6 Å². The second-order valence-corrected chi connectivity index (χ2v) is 6.19. The summed E-state index contributed by atoms with van der Waals surface area (Å²) < 4.78 is 1.84. The number of nitrogens with zero attached hydrogens (tertiary/aromatic N) is 1. The van der Waals surface area contributed by atoms with E-state index in [0.29, 0.717) is 17.1 Å². The van der Waals surface area contributed by atoms with Gasteiger partial charge in [-0.15, -0.1) is 0 Å². The SMILES string of the molecule is O=[N+]([O-])c1ccc(Cl)c(CNc2cc(Br)ccc2Br)c1. The molecule has 0 atom stereocenters. The average molecular weight is 420 g/mol. The summed E-state index contributed by atoms with van der Waals surface area (Å²) in [6, 6.07) is 10.1. The normalized spacial score (nSPS) is 10.3. The van der Waals surface area contributed by atoms with E-state index in [2.05, 4.69) is 37.2 Å². The number of nitro groups is 1. The van der Waals surface area contributed by atoms with Crippen molar-refractivity contribution in [1.29, 1.82) is 0 Å². The lowest BCUT2D eigenvalue weighted by Gasteiger charge is -2.10. The number of nitrogens with one attached hydrogen (secondary N) is 1. The highest BCUT2D eigenvalue weighted by Gasteiger charge is 2.10. The first-order valence-corrected chi connectivity index (χ1v) is 7.55. The molecule has 20 heavy (non-hydrogen) atoms. The summed E-state index contributed by atoms with van der Waals surface area (Å²) in [4.78, 5) is 10.3. The topological polar surface area (TPSA) is 55.2 Å². The fraction of sp³-hybridized carbons (Fsp3) is 0.0769. The van der Waals surface area contributed by atoms with Crippen LogP contribution >= 0.6 is 43.5 Å². The Balaban J connectivity index is 2.20. The van der Waals surface area contributed by atoms with Crippen LogP contribution in [-0.2, 0) is 6.54 Å². The number of halogens is 3. The molecule has 4 nitrogen and oxygen atoms in total. The highest BCUT2D eigenvalue weighted by atomic mass is 79.9. The molecule has 0 radical (unpaired) electrons. The molecule has 1 N–H and O–H groups in total. The number of benzene rings is 2. The Morgan fingerprint density at radius 2 is 1.95 bits per heavy atom. The predicted octanol–water partition coefficient (Wildman–Crippen LogP) is 5.39. The smallest absolute Gasteiger partial charge is 0.269 e. The maximum absolute atomic E-state index is 10.8. The standard InChI is InChI=1S/C13H9Br2ClN2O2/c14-9-1-3-11(15)13(6-9)17-7-8-5-10(18(19)20)2-4-12(8)16/h1-6,17H,7H2. The van der Waals surface area contributed by atoms with Gasteiger partial charge in [0.05, 0.1) is 4.92 Å². The third kappa shape index (κ3) is 3.71. The van der Waals surface area contributed by atoms with Crippen molar-refractivity contribution >= 4 is 54.8 Å². The molecule has 7 heteroatoms. The monoisotopic (exact) mass is 418 g/mol. The lowest BCUT2D eigenvalue weighted by molar-refractivity contribution is -0.384. The van der Waals surface area contributed by atoms with Gasteiger partial charge in [-0.3, -0.25) is 10.1 Å². The summed E-state index contributed by atoms with van der Waals surface area (Å²) in [7, 11) is 0. The van der Waals surface area contributed by atoms with Gasteiger partial charge in [-0.25, -0.2) is 0 Å². The molecule has 2 aromatic carbocycles. The van der Waals surface area contributed by atoms with E-state index in [0.717, 1.165) is 14.6 Å². The van der Waals surface area contributed by atoms with Gasteiger partial charge in [0.2, 0.25) is 0 Å². The Hall–Kier alpha value is -1.11. The van der Waals surface area contributed by atoms with Crippen LogP contribution in [0, 0.1) is 10.1 Å². The van der Waals surface area contributed by atoms with Gasteiger partial charge in [-0.2, -0.15) is 0 Å². The van der Waals surface area contributed by atoms with Gasteiger partial charge in [0.15, 0.2) is 0 Å². The van der Waals surface area contributed by atoms with Crippen molar-refractivity contribution in [2.45, 2.75) is 6.54 Å². The van der Waals surface area contributed by atoms with Crippen molar-refractivity contribution in [2.24, 2.45) is 0 Å². The van der Waals surface area contributed by atoms with Crippen LogP contribution in [0.25, 0.3) is 0 Å². The molecule has 0 unspecified atom stereocenters. The van der Waals surface area contributed by atoms with Crippen molar-refractivity contribution in [2.75, 3.05) is 5.32 Å². The van der Waals surface area contributed by atoms with Gasteiger partial charge in [-0.05, 0) is 45.8 Å². The first kappa shape index (κ1) is 15.3. The first-order chi connectivity index (χ1) is 9.47. The average Bonchev–Trinajstić information content (AvgIpc) is 2.41. The minimum absolute atomic E-state index is 0.0273. The lowest BCUT2D eigenvalue weighted by Crippen LogP contribution is -2.01. The van der Waals surface area contributed by atoms with Crippen molar-refractivity contribution < 1.29 is 4.92 Å². The summed E-state index contributed by atoms with van der Waals surface area (Å²) in [6.45, 7) is 0.398. The molecule has 0 aromatic heterocycles. The lowest BCUT2D eigenvalue weighted by atomic mass is 10.2. The highest BCUT2D eigenvalue weighted by Crippen LogP contribution is 2.28. The Morgan fingerprint density at radius 1 is 1.20 bits per heavy atom. The number of anilines is 1. The summed E-state index contributed by atoms with van der Waals surface area (Å²) >= 11 is 12.9. The summed E-state index contributed by atoms with van der Waals surface area (Å²) in [5.41, 5.74) is 1.58. The fourth-order valence-electron chi connectivity index (χ4n) is 1.63. The molecule has 2 aromatic rings. The largest absolute Gasteiger partial charge is 0.380 e. The van der Waals surface area contributed by atoms with Gasteiger partial charge >= 0.3 is 0 Å². The van der Waals surface area contributed by atoms with Crippen LogP contribution in [0.4, 0.5) is 11.4 Å². The molecule has 104 valence electrons. The number of non-ortho nitro benzene ring substituents is 1. The van der Waals surface area contributed by atoms with Gasteiger partial charge in [0.25, 0.3) is 5.69 Å². The molecule has 0 fully saturated rings. The molecule has 0 saturated heterocycles. The molecule has 0 spiro atoms. The molecule has 0 saturated carbocycles. The third-order valence-electron chi connectivity index (χ3n) is 2.64. The van der Waals surface area contributed by atoms with E-state index < -0.39 is 4.92 Å². The Morgan fingerprint density at radius 3 is 2.65 bits per heavy atom. The number of rotatable bonds is 4. The number of hydrogen-bond donors (Lipinski definition) is 1. The van der Waals surface area contributed by atoms with Crippen molar-refractivity contribution in [3.05, 3.63) is 66.0 Å². The summed E-state index contributed by atoms with van der Waals surface area (Å²) in [6.07, 6.45) is 0. The maximum atomic E-state index is 10.8. The van der Waals surface area contributed by atoms with Crippen LogP contribution < -0.4 is 5.32 Å². The second kappa shape index (κ2) is 6.56. The molecule has 0 aliphatic rings. The van der Waals surface area contributed by atoms with E-state index in [-0.39, 0.29) is 5.69 Å². The molecule has 0 aliphatic carbocycles. The molecule has 0 aliphatic heterocycles. The molecular formula is C13H9Br2ClN2O2. The zero-order chi connectivity index (χ0) is 14.7. The Bertz CT molecular complexity index is 665. The van der Waals surface area contributed by atoms with E-state index >= 15 is 0 Å². The first-order valence-electron chi connectivity index (χ1n) is 5.59. The molecular weight excluding hydrogens is 411 g/mol. The van der Waals surface area contributed by atoms with Gasteiger partial charge in [0, 0.05) is 38.3 Å². The highest BCUT2D eigenvalue weighted by molar-refractivity contribution is 9.11. The third-order valence-corrected chi connectivity index (χ3v) is 4.19. The Kier molecular flexibility index (Phi) is 5.01. The van der Waals surface area contributed by atoms with Crippen LogP contribution in [0.3, 0.4) is 0 Å². The van der Waals surface area contributed by atoms with Crippen LogP contribution in [-0.4, -0.2) is 4.92 Å². The van der Waals surface area contributed by atoms with Crippen LogP contribution in [0.15, 0.2) is 45.3 Å². The minimum Gasteiger partial charge on any atom is -0.380 e. The number of hydrogen-bond acceptors (Lipinski definition) is 3. The molecule has 0 bridgehead atoms. The fourth-order valence-corrected chi connectivity index (χ4v) is 2.57. The van der Waals surface area contributed by atoms with E-state index in [9.17, 15) is 10.1 Å². The van der Waals surface area contributed by atoms with E-state index in [1.807, 2.05) is 18.2 Å². The summed E-state index contributed by atoms with van der Waals surface area (Å²) in [5.74, 6) is 0.